The van der Waals surface area contributed by atoms with E-state index in [-0.39, 0.29) is 5.91 Å². The maximum atomic E-state index is 11.5. The third kappa shape index (κ3) is 5.27. The molecule has 1 heterocycles. The SMILES string of the molecule is COc1cc2nc(-c3cccc(OCCCN(C)C)c3)cc(C)c2cc1NC(C)=O. The van der Waals surface area contributed by atoms with Crippen LogP contribution in [0.5, 0.6) is 11.5 Å². The molecule has 0 spiro atoms. The zero-order valence-corrected chi connectivity index (χ0v) is 18.3. The van der Waals surface area contributed by atoms with E-state index >= 15 is 0 Å². The Labute approximate surface area is 177 Å². The van der Waals surface area contributed by atoms with Crippen LogP contribution in [0.1, 0.15) is 18.9 Å². The van der Waals surface area contributed by atoms with E-state index in [1.807, 2.05) is 43.3 Å². The number of benzene rings is 2. The fourth-order valence-electron chi connectivity index (χ4n) is 3.34. The number of hydrogen-bond donors (Lipinski definition) is 1. The molecule has 0 aliphatic heterocycles. The lowest BCUT2D eigenvalue weighted by Crippen LogP contribution is -2.15. The Bertz CT molecular complexity index is 1050. The molecule has 1 N–H and O–H groups in total. The van der Waals surface area contributed by atoms with E-state index in [4.69, 9.17) is 14.5 Å². The second kappa shape index (κ2) is 9.59. The molecule has 0 unspecified atom stereocenters. The third-order valence-corrected chi connectivity index (χ3v) is 4.80. The van der Waals surface area contributed by atoms with E-state index < -0.39 is 0 Å². The Hall–Kier alpha value is -3.12. The molecule has 1 aromatic heterocycles. The molecule has 0 saturated carbocycles. The van der Waals surface area contributed by atoms with E-state index in [1.165, 1.54) is 6.92 Å². The van der Waals surface area contributed by atoms with Crippen LogP contribution in [-0.2, 0) is 4.79 Å². The largest absolute Gasteiger partial charge is 0.494 e. The highest BCUT2D eigenvalue weighted by Gasteiger charge is 2.12. The van der Waals surface area contributed by atoms with Gasteiger partial charge in [0.1, 0.15) is 11.5 Å². The average molecular weight is 408 g/mol. The first-order valence-corrected chi connectivity index (χ1v) is 10.0. The number of rotatable bonds is 8. The van der Waals surface area contributed by atoms with Gasteiger partial charge in [-0.3, -0.25) is 4.79 Å². The molecule has 3 aromatic rings. The molecule has 6 nitrogen and oxygen atoms in total. The van der Waals surface area contributed by atoms with Crippen LogP contribution in [0.3, 0.4) is 0 Å². The van der Waals surface area contributed by atoms with Crippen LogP contribution >= 0.6 is 0 Å². The summed E-state index contributed by atoms with van der Waals surface area (Å²) in [6, 6.07) is 13.8. The molecule has 30 heavy (non-hydrogen) atoms. The van der Waals surface area contributed by atoms with E-state index in [9.17, 15) is 4.79 Å². The molecule has 0 radical (unpaired) electrons. The predicted molar refractivity (Wildman–Crippen MR) is 121 cm³/mol. The van der Waals surface area contributed by atoms with Gasteiger partial charge in [-0.05, 0) is 57.3 Å². The zero-order valence-electron chi connectivity index (χ0n) is 18.3. The molecular weight excluding hydrogens is 378 g/mol. The lowest BCUT2D eigenvalue weighted by Gasteiger charge is -2.14. The predicted octanol–water partition coefficient (Wildman–Crippen LogP) is 4.51. The molecule has 2 aromatic carbocycles. The van der Waals surface area contributed by atoms with E-state index in [1.54, 1.807) is 7.11 Å². The summed E-state index contributed by atoms with van der Waals surface area (Å²) in [7, 11) is 5.70. The van der Waals surface area contributed by atoms with Crippen molar-refractivity contribution < 1.29 is 14.3 Å². The van der Waals surface area contributed by atoms with Crippen molar-refractivity contribution in [3.63, 3.8) is 0 Å². The quantitative estimate of drug-likeness (QED) is 0.557. The molecule has 1 amide bonds. The highest BCUT2D eigenvalue weighted by Crippen LogP contribution is 2.33. The Morgan fingerprint density at radius 2 is 1.97 bits per heavy atom. The van der Waals surface area contributed by atoms with Gasteiger partial charge in [-0.1, -0.05) is 12.1 Å². The molecule has 0 bridgehead atoms. The van der Waals surface area contributed by atoms with Crippen LogP contribution in [0, 0.1) is 6.92 Å². The summed E-state index contributed by atoms with van der Waals surface area (Å²) >= 11 is 0. The summed E-state index contributed by atoms with van der Waals surface area (Å²) in [6.07, 6.45) is 0.973. The van der Waals surface area contributed by atoms with E-state index in [0.717, 1.165) is 46.4 Å². The number of carbonyl (C=O) groups is 1. The maximum Gasteiger partial charge on any atom is 0.221 e. The first-order chi connectivity index (χ1) is 14.4. The summed E-state index contributed by atoms with van der Waals surface area (Å²) < 4.78 is 11.4. The summed E-state index contributed by atoms with van der Waals surface area (Å²) in [6.45, 7) is 5.19. The van der Waals surface area contributed by atoms with Crippen LogP contribution in [-0.4, -0.2) is 50.1 Å². The lowest BCUT2D eigenvalue weighted by atomic mass is 10.0. The lowest BCUT2D eigenvalue weighted by molar-refractivity contribution is -0.114. The molecule has 6 heteroatoms. The van der Waals surface area contributed by atoms with Crippen LogP contribution in [0.25, 0.3) is 22.2 Å². The van der Waals surface area contributed by atoms with Crippen LogP contribution < -0.4 is 14.8 Å². The van der Waals surface area contributed by atoms with Crippen LogP contribution in [0.2, 0.25) is 0 Å². The van der Waals surface area contributed by atoms with E-state index in [0.29, 0.717) is 18.0 Å². The monoisotopic (exact) mass is 407 g/mol. The Kier molecular flexibility index (Phi) is 6.90. The molecule has 158 valence electrons. The highest BCUT2D eigenvalue weighted by molar-refractivity contribution is 5.96. The topological polar surface area (TPSA) is 63.7 Å². The number of methoxy groups -OCH3 is 1. The van der Waals surface area contributed by atoms with Crippen molar-refractivity contribution in [1.29, 1.82) is 0 Å². The maximum absolute atomic E-state index is 11.5. The number of amides is 1. The van der Waals surface area contributed by atoms with Crippen molar-refractivity contribution >= 4 is 22.5 Å². The average Bonchev–Trinajstić information content (AvgIpc) is 2.71. The Morgan fingerprint density at radius 1 is 1.17 bits per heavy atom. The number of nitrogens with one attached hydrogen (secondary N) is 1. The number of nitrogens with zero attached hydrogens (tertiary/aromatic N) is 2. The summed E-state index contributed by atoms with van der Waals surface area (Å²) in [5.74, 6) is 1.28. The van der Waals surface area contributed by atoms with Gasteiger partial charge < -0.3 is 19.7 Å². The van der Waals surface area contributed by atoms with Crippen molar-refractivity contribution in [3.05, 3.63) is 48.0 Å². The fourth-order valence-corrected chi connectivity index (χ4v) is 3.34. The molecule has 3 rings (SSSR count). The van der Waals surface area contributed by atoms with Gasteiger partial charge in [-0.2, -0.15) is 0 Å². The van der Waals surface area contributed by atoms with Gasteiger partial charge in [0.05, 0.1) is 30.6 Å². The summed E-state index contributed by atoms with van der Waals surface area (Å²) in [5, 5.41) is 3.79. The first-order valence-electron chi connectivity index (χ1n) is 10.0. The van der Waals surface area contributed by atoms with Crippen molar-refractivity contribution in [2.45, 2.75) is 20.3 Å². The minimum absolute atomic E-state index is 0.141. The molecule has 0 aliphatic rings. The van der Waals surface area contributed by atoms with Crippen molar-refractivity contribution in [2.75, 3.05) is 39.7 Å². The van der Waals surface area contributed by atoms with Crippen molar-refractivity contribution in [2.24, 2.45) is 0 Å². The molecular formula is C24H29N3O3. The van der Waals surface area contributed by atoms with Gasteiger partial charge in [0.2, 0.25) is 5.91 Å². The molecule has 0 fully saturated rings. The van der Waals surface area contributed by atoms with Crippen LogP contribution in [0.4, 0.5) is 5.69 Å². The number of carbonyl (C=O) groups excluding carboxylic acids is 1. The Balaban J connectivity index is 1.91. The smallest absolute Gasteiger partial charge is 0.221 e. The summed E-state index contributed by atoms with van der Waals surface area (Å²) in [4.78, 5) is 18.5. The number of ether oxygens (including phenoxy) is 2. The molecule has 0 atom stereocenters. The number of aromatic nitrogens is 1. The van der Waals surface area contributed by atoms with E-state index in [2.05, 4.69) is 30.4 Å². The van der Waals surface area contributed by atoms with Gasteiger partial charge in [-0.15, -0.1) is 0 Å². The third-order valence-electron chi connectivity index (χ3n) is 4.80. The van der Waals surface area contributed by atoms with Crippen molar-refractivity contribution in [3.8, 4) is 22.8 Å². The Morgan fingerprint density at radius 3 is 2.67 bits per heavy atom. The first kappa shape index (κ1) is 21.6. The number of fused-ring (bicyclic) bond motifs is 1. The van der Waals surface area contributed by atoms with Crippen LogP contribution in [0.15, 0.2) is 42.5 Å². The number of aryl methyl sites for hydroxylation is 1. The van der Waals surface area contributed by atoms with Crippen molar-refractivity contribution in [1.82, 2.24) is 9.88 Å². The minimum Gasteiger partial charge on any atom is -0.494 e. The second-order valence-corrected chi connectivity index (χ2v) is 7.61. The van der Waals surface area contributed by atoms with Gasteiger partial charge in [0.15, 0.2) is 0 Å². The van der Waals surface area contributed by atoms with Gasteiger partial charge in [0.25, 0.3) is 0 Å². The summed E-state index contributed by atoms with van der Waals surface area (Å²) in [5.41, 5.74) is 4.39. The zero-order chi connectivity index (χ0) is 21.7. The van der Waals surface area contributed by atoms with Gasteiger partial charge in [0, 0.05) is 30.5 Å². The normalized spacial score (nSPS) is 11.0. The standard InChI is InChI=1S/C24H29N3O3/c1-16-12-21(18-8-6-9-19(13-18)30-11-7-10-27(3)4)26-22-15-24(29-5)23(14-20(16)22)25-17(2)28/h6,8-9,12-15H,7,10-11H2,1-5H3,(H,25,28). The fraction of sp³-hybridized carbons (Fsp3) is 0.333. The number of pyridine rings is 1. The highest BCUT2D eigenvalue weighted by atomic mass is 16.5. The number of hydrogen-bond acceptors (Lipinski definition) is 5. The second-order valence-electron chi connectivity index (χ2n) is 7.61. The van der Waals surface area contributed by atoms with Gasteiger partial charge in [-0.25, -0.2) is 4.98 Å². The molecule has 0 saturated heterocycles. The molecule has 0 aliphatic carbocycles. The van der Waals surface area contributed by atoms with Gasteiger partial charge >= 0.3 is 0 Å². The number of anilines is 1. The minimum atomic E-state index is -0.141.